The van der Waals surface area contributed by atoms with E-state index >= 15 is 0 Å². The Morgan fingerprint density at radius 3 is 2.67 bits per heavy atom. The van der Waals surface area contributed by atoms with Crippen molar-refractivity contribution in [2.45, 2.75) is 13.8 Å². The van der Waals surface area contributed by atoms with Gasteiger partial charge in [-0.15, -0.1) is 0 Å². The van der Waals surface area contributed by atoms with Gasteiger partial charge in [-0.1, -0.05) is 23.7 Å². The lowest BCUT2D eigenvalue weighted by Crippen LogP contribution is -2.01. The molecule has 2 aromatic carbocycles. The summed E-state index contributed by atoms with van der Waals surface area (Å²) in [7, 11) is 0. The van der Waals surface area contributed by atoms with Crippen LogP contribution in [0.2, 0.25) is 5.02 Å². The first kappa shape index (κ1) is 13.6. The Balaban J connectivity index is 2.33. The van der Waals surface area contributed by atoms with Gasteiger partial charge in [0.1, 0.15) is 5.82 Å². The molecule has 4 nitrogen and oxygen atoms in total. The van der Waals surface area contributed by atoms with Gasteiger partial charge in [-0.3, -0.25) is 4.57 Å². The summed E-state index contributed by atoms with van der Waals surface area (Å²) in [5, 5.41) is 9.71. The van der Waals surface area contributed by atoms with Gasteiger partial charge >= 0.3 is 5.97 Å². The van der Waals surface area contributed by atoms with E-state index in [1.165, 1.54) is 0 Å². The molecule has 0 fully saturated rings. The fraction of sp³-hybridized carbons (Fsp3) is 0.125. The molecule has 0 aliphatic heterocycles. The Labute approximate surface area is 126 Å². The number of benzene rings is 2. The second kappa shape index (κ2) is 4.90. The molecule has 0 amide bonds. The van der Waals surface area contributed by atoms with Gasteiger partial charge in [-0.25, -0.2) is 9.78 Å². The monoisotopic (exact) mass is 300 g/mol. The normalized spacial score (nSPS) is 11.0. The van der Waals surface area contributed by atoms with E-state index in [9.17, 15) is 4.79 Å². The van der Waals surface area contributed by atoms with E-state index in [-0.39, 0.29) is 5.56 Å². The summed E-state index contributed by atoms with van der Waals surface area (Å²) in [6, 6.07) is 10.6. The minimum absolute atomic E-state index is 0.225. The van der Waals surface area contributed by atoms with Crippen LogP contribution < -0.4 is 0 Å². The second-order valence-corrected chi connectivity index (χ2v) is 5.32. The number of carboxylic acid groups (broad SMARTS) is 1. The average Bonchev–Trinajstić information content (AvgIpc) is 2.74. The molecule has 0 aliphatic carbocycles. The van der Waals surface area contributed by atoms with E-state index in [0.29, 0.717) is 10.5 Å². The topological polar surface area (TPSA) is 55.1 Å². The van der Waals surface area contributed by atoms with Crippen molar-refractivity contribution in [1.29, 1.82) is 0 Å². The van der Waals surface area contributed by atoms with E-state index < -0.39 is 5.97 Å². The SMILES string of the molecule is Cc1cccc(Cl)c1-n1c(C)nc2cc(C(=O)O)ccc21. The zero-order valence-corrected chi connectivity index (χ0v) is 12.3. The molecule has 1 aromatic heterocycles. The van der Waals surface area contributed by atoms with E-state index in [2.05, 4.69) is 4.98 Å². The zero-order chi connectivity index (χ0) is 15.1. The number of aryl methyl sites for hydroxylation is 2. The fourth-order valence-corrected chi connectivity index (χ4v) is 2.83. The number of hydrogen-bond acceptors (Lipinski definition) is 2. The van der Waals surface area contributed by atoms with Crippen molar-refractivity contribution < 1.29 is 9.90 Å². The van der Waals surface area contributed by atoms with Gasteiger partial charge < -0.3 is 5.11 Å². The van der Waals surface area contributed by atoms with Crippen LogP contribution in [0, 0.1) is 13.8 Å². The molecule has 0 unspecified atom stereocenters. The van der Waals surface area contributed by atoms with Crippen LogP contribution in [-0.4, -0.2) is 20.6 Å². The lowest BCUT2D eigenvalue weighted by atomic mass is 10.1. The smallest absolute Gasteiger partial charge is 0.335 e. The van der Waals surface area contributed by atoms with Crippen molar-refractivity contribution in [3.05, 3.63) is 58.4 Å². The average molecular weight is 301 g/mol. The molecule has 0 saturated heterocycles. The van der Waals surface area contributed by atoms with Crippen LogP contribution in [0.25, 0.3) is 16.7 Å². The van der Waals surface area contributed by atoms with Crippen LogP contribution in [0.4, 0.5) is 0 Å². The summed E-state index contributed by atoms with van der Waals surface area (Å²) in [5.74, 6) is -0.193. The number of rotatable bonds is 2. The number of nitrogens with zero attached hydrogens (tertiary/aromatic N) is 2. The summed E-state index contributed by atoms with van der Waals surface area (Å²) in [5.41, 5.74) is 3.62. The Morgan fingerprint density at radius 2 is 2.00 bits per heavy atom. The molecule has 106 valence electrons. The zero-order valence-electron chi connectivity index (χ0n) is 11.6. The van der Waals surface area contributed by atoms with Crippen LogP contribution >= 0.6 is 11.6 Å². The van der Waals surface area contributed by atoms with Gasteiger partial charge in [-0.05, 0) is 43.7 Å². The fourth-order valence-electron chi connectivity index (χ4n) is 2.52. The van der Waals surface area contributed by atoms with Crippen molar-refractivity contribution in [3.8, 4) is 5.69 Å². The molecule has 0 saturated carbocycles. The maximum absolute atomic E-state index is 11.1. The van der Waals surface area contributed by atoms with E-state index in [0.717, 1.165) is 22.6 Å². The van der Waals surface area contributed by atoms with Crippen LogP contribution in [0.5, 0.6) is 0 Å². The molecule has 0 atom stereocenters. The maximum atomic E-state index is 11.1. The molecule has 0 bridgehead atoms. The quantitative estimate of drug-likeness (QED) is 0.778. The Morgan fingerprint density at radius 1 is 1.24 bits per heavy atom. The number of hydrogen-bond donors (Lipinski definition) is 1. The van der Waals surface area contributed by atoms with Crippen LogP contribution in [0.15, 0.2) is 36.4 Å². The minimum Gasteiger partial charge on any atom is -0.478 e. The van der Waals surface area contributed by atoms with Gasteiger partial charge in [0.25, 0.3) is 0 Å². The molecule has 0 aliphatic rings. The molecule has 5 heteroatoms. The highest BCUT2D eigenvalue weighted by atomic mass is 35.5. The number of imidazole rings is 1. The standard InChI is InChI=1S/C16H13ClN2O2/c1-9-4-3-5-12(17)15(9)19-10(2)18-13-8-11(16(20)21)6-7-14(13)19/h3-8H,1-2H3,(H,20,21). The third-order valence-corrected chi connectivity index (χ3v) is 3.79. The molecular formula is C16H13ClN2O2. The molecule has 3 aromatic rings. The second-order valence-electron chi connectivity index (χ2n) is 4.91. The number of carbonyl (C=O) groups is 1. The van der Waals surface area contributed by atoms with E-state index in [1.54, 1.807) is 18.2 Å². The van der Waals surface area contributed by atoms with E-state index in [1.807, 2.05) is 36.6 Å². The van der Waals surface area contributed by atoms with Crippen molar-refractivity contribution in [2.24, 2.45) is 0 Å². The highest BCUT2D eigenvalue weighted by Crippen LogP contribution is 2.29. The molecule has 0 radical (unpaired) electrons. The number of carboxylic acids is 1. The van der Waals surface area contributed by atoms with Gasteiger partial charge in [0.2, 0.25) is 0 Å². The van der Waals surface area contributed by atoms with Crippen molar-refractivity contribution in [1.82, 2.24) is 9.55 Å². The van der Waals surface area contributed by atoms with Gasteiger partial charge in [-0.2, -0.15) is 0 Å². The highest BCUT2D eigenvalue weighted by Gasteiger charge is 2.15. The number of halogens is 1. The molecular weight excluding hydrogens is 288 g/mol. The van der Waals surface area contributed by atoms with Crippen molar-refractivity contribution in [3.63, 3.8) is 0 Å². The summed E-state index contributed by atoms with van der Waals surface area (Å²) >= 11 is 6.33. The van der Waals surface area contributed by atoms with Gasteiger partial charge in [0, 0.05) is 0 Å². The molecule has 21 heavy (non-hydrogen) atoms. The third-order valence-electron chi connectivity index (χ3n) is 3.48. The first-order valence-corrected chi connectivity index (χ1v) is 6.84. The Kier molecular flexibility index (Phi) is 3.18. The molecule has 1 heterocycles. The predicted octanol–water partition coefficient (Wildman–Crippen LogP) is 3.99. The summed E-state index contributed by atoms with van der Waals surface area (Å²) in [6.07, 6.45) is 0. The van der Waals surface area contributed by atoms with Crippen molar-refractivity contribution >= 4 is 28.6 Å². The van der Waals surface area contributed by atoms with Crippen LogP contribution in [0.1, 0.15) is 21.7 Å². The van der Waals surface area contributed by atoms with Crippen molar-refractivity contribution in [2.75, 3.05) is 0 Å². The van der Waals surface area contributed by atoms with Crippen LogP contribution in [-0.2, 0) is 0 Å². The summed E-state index contributed by atoms with van der Waals surface area (Å²) < 4.78 is 1.96. The number of aromatic nitrogens is 2. The molecule has 0 spiro atoms. The first-order chi connectivity index (χ1) is 9.99. The van der Waals surface area contributed by atoms with Gasteiger partial charge in [0.05, 0.1) is 27.3 Å². The lowest BCUT2D eigenvalue weighted by Gasteiger charge is -2.12. The highest BCUT2D eigenvalue weighted by molar-refractivity contribution is 6.32. The van der Waals surface area contributed by atoms with Crippen LogP contribution in [0.3, 0.4) is 0 Å². The first-order valence-electron chi connectivity index (χ1n) is 6.47. The predicted molar refractivity (Wildman–Crippen MR) is 82.5 cm³/mol. The van der Waals surface area contributed by atoms with E-state index in [4.69, 9.17) is 16.7 Å². The number of para-hydroxylation sites is 1. The summed E-state index contributed by atoms with van der Waals surface area (Å²) in [6.45, 7) is 3.86. The maximum Gasteiger partial charge on any atom is 0.335 e. The Hall–Kier alpha value is -2.33. The Bertz CT molecular complexity index is 848. The molecule has 1 N–H and O–H groups in total. The minimum atomic E-state index is -0.960. The third kappa shape index (κ3) is 2.17. The number of aromatic carboxylic acids is 1. The largest absolute Gasteiger partial charge is 0.478 e. The number of fused-ring (bicyclic) bond motifs is 1. The molecule has 3 rings (SSSR count). The summed E-state index contributed by atoms with van der Waals surface area (Å²) in [4.78, 5) is 15.5. The van der Waals surface area contributed by atoms with Gasteiger partial charge in [0.15, 0.2) is 0 Å². The lowest BCUT2D eigenvalue weighted by molar-refractivity contribution is 0.0697.